The number of aliphatic hydroxyl groups excluding tert-OH is 1. The summed E-state index contributed by atoms with van der Waals surface area (Å²) in [4.78, 5) is 73.2. The molecule has 0 saturated heterocycles. The molecule has 17 nitrogen and oxygen atoms in total. The van der Waals surface area contributed by atoms with Crippen LogP contribution in [0.2, 0.25) is 0 Å². The van der Waals surface area contributed by atoms with E-state index in [1.165, 1.54) is 38.5 Å². The lowest BCUT2D eigenvalue weighted by atomic mass is 10.1. The molecule has 0 fully saturated rings. The van der Waals surface area contributed by atoms with Crippen LogP contribution < -0.4 is 0 Å². The van der Waals surface area contributed by atoms with E-state index in [0.29, 0.717) is 38.5 Å². The van der Waals surface area contributed by atoms with Crippen molar-refractivity contribution in [2.24, 2.45) is 0 Å². The van der Waals surface area contributed by atoms with Crippen LogP contribution in [0.25, 0.3) is 0 Å². The second-order valence-corrected chi connectivity index (χ2v) is 30.2. The first kappa shape index (κ1) is 107. The van der Waals surface area contributed by atoms with E-state index < -0.39 is 97.5 Å². The van der Waals surface area contributed by atoms with Crippen molar-refractivity contribution in [1.82, 2.24) is 0 Å². The van der Waals surface area contributed by atoms with E-state index in [1.807, 2.05) is 30.4 Å². The predicted octanol–water partition coefficient (Wildman–Crippen LogP) is 25.8. The number of esters is 4. The molecular formula is C95H148O17P2. The molecule has 0 saturated carbocycles. The van der Waals surface area contributed by atoms with Crippen molar-refractivity contribution in [1.29, 1.82) is 0 Å². The highest BCUT2D eigenvalue weighted by Gasteiger charge is 2.30. The van der Waals surface area contributed by atoms with Crippen molar-refractivity contribution >= 4 is 39.5 Å². The normalized spacial score (nSPS) is 14.9. The van der Waals surface area contributed by atoms with Crippen LogP contribution in [0.3, 0.4) is 0 Å². The van der Waals surface area contributed by atoms with Crippen LogP contribution in [0.1, 0.15) is 285 Å². The monoisotopic (exact) mass is 1620 g/mol. The quantitative estimate of drug-likeness (QED) is 0.0169. The van der Waals surface area contributed by atoms with Crippen LogP contribution in [0, 0.1) is 0 Å². The minimum atomic E-state index is -5.03. The van der Waals surface area contributed by atoms with Crippen molar-refractivity contribution in [3.63, 3.8) is 0 Å². The van der Waals surface area contributed by atoms with Crippen molar-refractivity contribution < 1.29 is 80.2 Å². The van der Waals surface area contributed by atoms with Gasteiger partial charge in [-0.05, 0) is 193 Å². The van der Waals surface area contributed by atoms with Gasteiger partial charge in [-0.15, -0.1) is 0 Å². The lowest BCUT2D eigenvalue weighted by Crippen LogP contribution is -2.30. The summed E-state index contributed by atoms with van der Waals surface area (Å²) in [6, 6.07) is 0. The van der Waals surface area contributed by atoms with Gasteiger partial charge in [0.05, 0.1) is 26.4 Å². The van der Waals surface area contributed by atoms with Crippen molar-refractivity contribution in [2.75, 3.05) is 39.6 Å². The number of aliphatic hydroxyl groups is 1. The summed E-state index contributed by atoms with van der Waals surface area (Å²) in [6.07, 6.45) is 109. The zero-order valence-electron chi connectivity index (χ0n) is 70.1. The Bertz CT molecular complexity index is 3070. The maximum absolute atomic E-state index is 13.2. The summed E-state index contributed by atoms with van der Waals surface area (Å²) in [5, 5.41) is 10.7. The van der Waals surface area contributed by atoms with Gasteiger partial charge in [-0.25, -0.2) is 9.13 Å². The molecule has 0 radical (unpaired) electrons. The minimum absolute atomic E-state index is 0.0337. The van der Waals surface area contributed by atoms with Crippen molar-refractivity contribution in [3.05, 3.63) is 231 Å². The summed E-state index contributed by atoms with van der Waals surface area (Å²) in [6.45, 7) is 4.34. The number of phosphoric acid groups is 2. The molecule has 640 valence electrons. The first-order valence-corrected chi connectivity index (χ1v) is 45.6. The first-order chi connectivity index (χ1) is 55.7. The van der Waals surface area contributed by atoms with E-state index in [1.54, 1.807) is 0 Å². The van der Waals surface area contributed by atoms with Crippen LogP contribution in [-0.4, -0.2) is 96.7 Å². The number of allylic oxidation sites excluding steroid dienone is 38. The fourth-order valence-electron chi connectivity index (χ4n) is 10.2. The Hall–Kier alpha value is -6.88. The fraction of sp³-hybridized carbons (Fsp3) is 0.558. The van der Waals surface area contributed by atoms with Crippen LogP contribution >= 0.6 is 15.6 Å². The second kappa shape index (κ2) is 84.0. The van der Waals surface area contributed by atoms with Crippen molar-refractivity contribution in [2.45, 2.75) is 303 Å². The van der Waals surface area contributed by atoms with Gasteiger partial charge in [-0.2, -0.15) is 0 Å². The molecule has 0 bridgehead atoms. The molecule has 114 heavy (non-hydrogen) atoms. The molecule has 0 amide bonds. The minimum Gasteiger partial charge on any atom is -0.462 e. The molecular weight excluding hydrogens is 1470 g/mol. The Morgan fingerprint density at radius 2 is 0.482 bits per heavy atom. The number of carbonyl (C=O) groups is 4. The average molecular weight is 1620 g/mol. The molecule has 0 heterocycles. The highest BCUT2D eigenvalue weighted by atomic mass is 31.2. The Morgan fingerprint density at radius 3 is 0.772 bits per heavy atom. The molecule has 0 aliphatic carbocycles. The smallest absolute Gasteiger partial charge is 0.462 e. The zero-order chi connectivity index (χ0) is 83.1. The molecule has 0 rings (SSSR count). The lowest BCUT2D eigenvalue weighted by molar-refractivity contribution is -0.161. The number of phosphoric ester groups is 2. The Labute approximate surface area is 689 Å². The molecule has 5 atom stereocenters. The van der Waals surface area contributed by atoms with E-state index in [2.05, 4.69) is 228 Å². The molecule has 19 heteroatoms. The van der Waals surface area contributed by atoms with Gasteiger partial charge in [0, 0.05) is 25.7 Å². The third-order valence-electron chi connectivity index (χ3n) is 16.6. The molecule has 0 aliphatic rings. The largest absolute Gasteiger partial charge is 0.472 e. The van der Waals surface area contributed by atoms with Gasteiger partial charge in [0.25, 0.3) is 0 Å². The SMILES string of the molecule is CC/C=C\C/C=C\C/C=C\C/C=C\C/C=C\CCCCCC(=O)OC[C@H](COP(=O)(O)OC[C@@H](O)COP(=O)(O)OC[C@@H](COC(=O)CCC/C=C\C/C=C\C/C=C\C/C=C\CCCCC)OC(=O)CC/C=C\C/C=C\C/C=C\C/C=C\C/C=C\CCCCC)OC(=O)CCCCC/C=C\C/C=C\C/C=C\C/C=C\C/C=C\CC. The molecule has 0 aromatic carbocycles. The van der Waals surface area contributed by atoms with Crippen LogP contribution in [0.4, 0.5) is 0 Å². The standard InChI is InChI=1S/C95H148O17P2/c1-5-9-13-17-21-25-29-33-37-41-44-48-52-56-60-64-68-72-76-80-93(98)106-86-91(112-95(100)82-78-74-70-66-62-58-54-50-46-43-39-35-31-27-23-19-15-11-7-3)88-110-114(103,104)108-84-89(96)83-107-113(101,102)109-87-90(85-105-92(97)79-75-71-67-63-59-55-51-47-40-36-32-28-24-20-16-12-8-4)111-94(99)81-77-73-69-65-61-57-53-49-45-42-38-34-30-26-22-18-14-10-6-2/h9,11,13,15,21-28,33-40,44-46,48-51,55-58,60-63,67,69,73,89-91,96H,5-8,10,12,14,16-20,29-32,41-43,47,52-54,59,64-66,68,70-72,74-88H2,1-4H3,(H,101,102)(H,103,104)/b13-9-,15-11-,25-21-,26-22-,27-23-,28-24-,37-33-,38-34-,39-35-,40-36-,48-44-,49-45-,50-46-,55-51-,60-56-,61-57-,62-58-,67-63-,73-69-/t89-,90+,91+/m0/s1. The average Bonchev–Trinajstić information content (AvgIpc) is 0.899. The Balaban J connectivity index is 5.61. The van der Waals surface area contributed by atoms with E-state index in [4.69, 9.17) is 37.0 Å². The van der Waals surface area contributed by atoms with Crippen LogP contribution in [-0.2, 0) is 65.4 Å². The van der Waals surface area contributed by atoms with E-state index in [0.717, 1.165) is 154 Å². The molecule has 0 aromatic rings. The molecule has 0 aliphatic heterocycles. The zero-order valence-corrected chi connectivity index (χ0v) is 71.9. The highest BCUT2D eigenvalue weighted by Crippen LogP contribution is 2.45. The summed E-state index contributed by atoms with van der Waals surface area (Å²) < 4.78 is 68.6. The predicted molar refractivity (Wildman–Crippen MR) is 472 cm³/mol. The van der Waals surface area contributed by atoms with Gasteiger partial charge in [-0.1, -0.05) is 297 Å². The van der Waals surface area contributed by atoms with Gasteiger partial charge < -0.3 is 33.8 Å². The number of unbranched alkanes of at least 4 members (excludes halogenated alkanes) is 13. The number of hydrogen-bond acceptors (Lipinski definition) is 15. The van der Waals surface area contributed by atoms with Gasteiger partial charge in [-0.3, -0.25) is 37.3 Å². The Morgan fingerprint density at radius 1 is 0.254 bits per heavy atom. The first-order valence-electron chi connectivity index (χ1n) is 42.6. The van der Waals surface area contributed by atoms with Crippen molar-refractivity contribution in [3.8, 4) is 0 Å². The van der Waals surface area contributed by atoms with Crippen LogP contribution in [0.5, 0.6) is 0 Å². The van der Waals surface area contributed by atoms with E-state index in [-0.39, 0.29) is 25.7 Å². The number of rotatable bonds is 77. The van der Waals surface area contributed by atoms with Gasteiger partial charge in [0.15, 0.2) is 12.2 Å². The molecule has 2 unspecified atom stereocenters. The summed E-state index contributed by atoms with van der Waals surface area (Å²) >= 11 is 0. The molecule has 0 aromatic heterocycles. The third kappa shape index (κ3) is 83.1. The summed E-state index contributed by atoms with van der Waals surface area (Å²) in [5.74, 6) is -2.44. The van der Waals surface area contributed by atoms with Gasteiger partial charge >= 0.3 is 39.5 Å². The third-order valence-corrected chi connectivity index (χ3v) is 18.5. The van der Waals surface area contributed by atoms with Crippen LogP contribution in [0.15, 0.2) is 231 Å². The number of hydrogen-bond donors (Lipinski definition) is 3. The Kier molecular flexibility index (Phi) is 79.0. The topological polar surface area (TPSA) is 237 Å². The maximum atomic E-state index is 13.2. The fourth-order valence-corrected chi connectivity index (χ4v) is 11.8. The summed E-state index contributed by atoms with van der Waals surface area (Å²) in [5.41, 5.74) is 0. The van der Waals surface area contributed by atoms with Gasteiger partial charge in [0.2, 0.25) is 0 Å². The second-order valence-electron chi connectivity index (χ2n) is 27.3. The van der Waals surface area contributed by atoms with Gasteiger partial charge in [0.1, 0.15) is 19.3 Å². The summed E-state index contributed by atoms with van der Waals surface area (Å²) in [7, 11) is -10.1. The molecule has 0 spiro atoms. The molecule has 3 N–H and O–H groups in total. The number of ether oxygens (including phenoxy) is 4. The highest BCUT2D eigenvalue weighted by molar-refractivity contribution is 7.47. The van der Waals surface area contributed by atoms with E-state index >= 15 is 0 Å². The number of carbonyl (C=O) groups excluding carboxylic acids is 4. The lowest BCUT2D eigenvalue weighted by Gasteiger charge is -2.21. The van der Waals surface area contributed by atoms with E-state index in [9.17, 15) is 43.2 Å². The maximum Gasteiger partial charge on any atom is 0.472 e.